The fourth-order valence-electron chi connectivity index (χ4n) is 6.09. The normalized spacial score (nSPS) is 12.9. The average Bonchev–Trinajstić information content (AvgIpc) is 2.94. The van der Waals surface area contributed by atoms with E-state index >= 15 is 0 Å². The van der Waals surface area contributed by atoms with E-state index in [9.17, 15) is 4.79 Å². The number of para-hydroxylation sites is 1. The van der Waals surface area contributed by atoms with E-state index in [-0.39, 0.29) is 5.56 Å². The lowest BCUT2D eigenvalue weighted by Gasteiger charge is -2.23. The van der Waals surface area contributed by atoms with Gasteiger partial charge in [0.25, 0.3) is 5.56 Å². The number of pyridine rings is 1. The van der Waals surface area contributed by atoms with Gasteiger partial charge in [-0.15, -0.1) is 0 Å². The average molecular weight is 478 g/mol. The molecule has 2 nitrogen and oxygen atoms in total. The van der Waals surface area contributed by atoms with Crippen LogP contribution in [-0.4, -0.2) is 4.57 Å². The highest BCUT2D eigenvalue weighted by Gasteiger charge is 2.22. The van der Waals surface area contributed by atoms with Crippen LogP contribution in [0.3, 0.4) is 0 Å². The molecular formula is C35H27NO. The van der Waals surface area contributed by atoms with Crippen LogP contribution >= 0.6 is 0 Å². The maximum Gasteiger partial charge on any atom is 0.263 e. The number of fused-ring (bicyclic) bond motifs is 5. The molecule has 0 unspecified atom stereocenters. The van der Waals surface area contributed by atoms with Crippen LogP contribution in [0.2, 0.25) is 0 Å². The number of allylic oxidation sites excluding steroid dienone is 1. The Labute approximate surface area is 216 Å². The van der Waals surface area contributed by atoms with Crippen LogP contribution in [0.1, 0.15) is 28.7 Å². The van der Waals surface area contributed by atoms with Crippen molar-refractivity contribution in [3.05, 3.63) is 130 Å². The van der Waals surface area contributed by atoms with Crippen LogP contribution in [-0.2, 0) is 6.42 Å². The molecule has 7 rings (SSSR count). The Balaban J connectivity index is 1.76. The van der Waals surface area contributed by atoms with Gasteiger partial charge in [0.2, 0.25) is 0 Å². The zero-order chi connectivity index (χ0) is 25.1. The lowest BCUT2D eigenvalue weighted by molar-refractivity contribution is 0.961. The third kappa shape index (κ3) is 3.22. The van der Waals surface area contributed by atoms with Gasteiger partial charge in [0, 0.05) is 21.7 Å². The number of benzene rings is 5. The fraction of sp³-hybridized carbons (Fsp3) is 0.114. The Morgan fingerprint density at radius 1 is 0.676 bits per heavy atom. The van der Waals surface area contributed by atoms with Gasteiger partial charge in [0.15, 0.2) is 0 Å². The Morgan fingerprint density at radius 3 is 2.11 bits per heavy atom. The quantitative estimate of drug-likeness (QED) is 0.229. The van der Waals surface area contributed by atoms with Crippen LogP contribution in [0, 0.1) is 13.8 Å². The molecule has 0 radical (unpaired) electrons. The fourth-order valence-corrected chi connectivity index (χ4v) is 6.09. The van der Waals surface area contributed by atoms with Crippen molar-refractivity contribution in [2.75, 3.05) is 0 Å². The molecule has 37 heavy (non-hydrogen) atoms. The van der Waals surface area contributed by atoms with Gasteiger partial charge < -0.3 is 0 Å². The summed E-state index contributed by atoms with van der Waals surface area (Å²) in [6.07, 6.45) is 6.03. The van der Waals surface area contributed by atoms with Crippen LogP contribution in [0.25, 0.3) is 55.3 Å². The van der Waals surface area contributed by atoms with Crippen LogP contribution in [0.4, 0.5) is 0 Å². The summed E-state index contributed by atoms with van der Waals surface area (Å²) >= 11 is 0. The minimum Gasteiger partial charge on any atom is -0.275 e. The molecule has 0 saturated heterocycles. The molecule has 0 aliphatic heterocycles. The topological polar surface area (TPSA) is 22.0 Å². The maximum atomic E-state index is 14.3. The number of rotatable bonds is 2. The summed E-state index contributed by atoms with van der Waals surface area (Å²) in [6.45, 7) is 4.33. The Morgan fingerprint density at radius 2 is 1.32 bits per heavy atom. The van der Waals surface area contributed by atoms with Crippen molar-refractivity contribution in [3.63, 3.8) is 0 Å². The third-order valence-electron chi connectivity index (χ3n) is 7.97. The number of hydrogen-bond acceptors (Lipinski definition) is 1. The van der Waals surface area contributed by atoms with Gasteiger partial charge >= 0.3 is 0 Å². The standard InChI is InChI=1S/C35H27NO/c1-22-20-30-31(21-23(22)2)34(28-17-8-7-16-27(28)33(30)24-12-4-3-5-13-24)36-32-19-11-10-15-26(32)25-14-6-9-18-29(25)35(36)37/h3-5,7-13,15-21H,6,14H2,1-2H3. The molecule has 1 aliphatic rings. The number of nitrogens with zero attached hydrogens (tertiary/aromatic N) is 1. The minimum absolute atomic E-state index is 0.0572. The lowest BCUT2D eigenvalue weighted by Crippen LogP contribution is -2.24. The van der Waals surface area contributed by atoms with Crippen LogP contribution in [0.15, 0.2) is 102 Å². The highest BCUT2D eigenvalue weighted by molar-refractivity contribution is 6.19. The summed E-state index contributed by atoms with van der Waals surface area (Å²) in [7, 11) is 0. The van der Waals surface area contributed by atoms with Crippen molar-refractivity contribution < 1.29 is 0 Å². The molecular weight excluding hydrogens is 450 g/mol. The van der Waals surface area contributed by atoms with Gasteiger partial charge in [0.05, 0.1) is 11.2 Å². The summed E-state index contributed by atoms with van der Waals surface area (Å²) < 4.78 is 1.98. The van der Waals surface area contributed by atoms with E-state index in [1.807, 2.05) is 16.7 Å². The van der Waals surface area contributed by atoms with Crippen molar-refractivity contribution in [2.24, 2.45) is 0 Å². The molecule has 0 N–H and O–H groups in total. The molecule has 1 aromatic heterocycles. The highest BCUT2D eigenvalue weighted by atomic mass is 16.1. The highest BCUT2D eigenvalue weighted by Crippen LogP contribution is 2.42. The van der Waals surface area contributed by atoms with Crippen molar-refractivity contribution in [3.8, 4) is 16.8 Å². The molecule has 0 fully saturated rings. The van der Waals surface area contributed by atoms with Gasteiger partial charge in [-0.1, -0.05) is 91.0 Å². The van der Waals surface area contributed by atoms with E-state index in [2.05, 4.69) is 105 Å². The van der Waals surface area contributed by atoms with Crippen LogP contribution in [0.5, 0.6) is 0 Å². The summed E-state index contributed by atoms with van der Waals surface area (Å²) in [4.78, 5) is 14.3. The van der Waals surface area contributed by atoms with E-state index < -0.39 is 0 Å². The third-order valence-corrected chi connectivity index (χ3v) is 7.97. The van der Waals surface area contributed by atoms with Crippen molar-refractivity contribution >= 4 is 38.5 Å². The first-order valence-corrected chi connectivity index (χ1v) is 13.0. The number of aromatic nitrogens is 1. The van der Waals surface area contributed by atoms with Gasteiger partial charge in [-0.05, 0) is 77.4 Å². The predicted molar refractivity (Wildman–Crippen MR) is 157 cm³/mol. The lowest BCUT2D eigenvalue weighted by atomic mass is 9.88. The zero-order valence-corrected chi connectivity index (χ0v) is 21.1. The first-order valence-electron chi connectivity index (χ1n) is 13.0. The second-order valence-electron chi connectivity index (χ2n) is 10.1. The van der Waals surface area contributed by atoms with Gasteiger partial charge in [-0.3, -0.25) is 9.36 Å². The predicted octanol–water partition coefficient (Wildman–Crippen LogP) is 8.54. The zero-order valence-electron chi connectivity index (χ0n) is 21.1. The monoisotopic (exact) mass is 477 g/mol. The number of aryl methyl sites for hydroxylation is 3. The Hall–Kier alpha value is -4.43. The molecule has 6 aromatic rings. The first-order chi connectivity index (χ1) is 18.1. The maximum absolute atomic E-state index is 14.3. The summed E-state index contributed by atoms with van der Waals surface area (Å²) in [5.41, 5.74) is 8.85. The molecule has 0 saturated carbocycles. The van der Waals surface area contributed by atoms with Crippen molar-refractivity contribution in [1.29, 1.82) is 0 Å². The molecule has 5 aromatic carbocycles. The smallest absolute Gasteiger partial charge is 0.263 e. The molecule has 0 spiro atoms. The van der Waals surface area contributed by atoms with Gasteiger partial charge in [0.1, 0.15) is 0 Å². The molecule has 1 heterocycles. The summed E-state index contributed by atoms with van der Waals surface area (Å²) in [5, 5.41) is 5.68. The van der Waals surface area contributed by atoms with Crippen LogP contribution < -0.4 is 5.56 Å². The van der Waals surface area contributed by atoms with Gasteiger partial charge in [-0.2, -0.15) is 0 Å². The van der Waals surface area contributed by atoms with Crippen molar-refractivity contribution in [2.45, 2.75) is 26.7 Å². The second-order valence-corrected chi connectivity index (χ2v) is 10.1. The molecule has 2 heteroatoms. The van der Waals surface area contributed by atoms with Crippen molar-refractivity contribution in [1.82, 2.24) is 4.57 Å². The Kier molecular flexibility index (Phi) is 4.90. The van der Waals surface area contributed by atoms with E-state index in [1.165, 1.54) is 33.2 Å². The molecule has 178 valence electrons. The molecule has 0 atom stereocenters. The van der Waals surface area contributed by atoms with E-state index in [0.717, 1.165) is 51.2 Å². The first kappa shape index (κ1) is 21.8. The SMILES string of the molecule is Cc1cc2c(-c3ccccc3)c3ccccc3c(-n3c(=O)c4c(c5ccccc53)CCC=C4)c2cc1C. The molecule has 1 aliphatic carbocycles. The molecule has 0 amide bonds. The Bertz CT molecular complexity index is 1960. The van der Waals surface area contributed by atoms with E-state index in [4.69, 9.17) is 0 Å². The van der Waals surface area contributed by atoms with E-state index in [1.54, 1.807) is 0 Å². The molecule has 0 bridgehead atoms. The summed E-state index contributed by atoms with van der Waals surface area (Å²) in [5.74, 6) is 0. The van der Waals surface area contributed by atoms with E-state index in [0.29, 0.717) is 0 Å². The van der Waals surface area contributed by atoms with Gasteiger partial charge in [-0.25, -0.2) is 0 Å². The largest absolute Gasteiger partial charge is 0.275 e. The second kappa shape index (κ2) is 8.31. The number of hydrogen-bond donors (Lipinski definition) is 0. The summed E-state index contributed by atoms with van der Waals surface area (Å²) in [6, 6.07) is 32.1. The minimum atomic E-state index is 0.0572.